The highest BCUT2D eigenvalue weighted by atomic mass is 32.2. The van der Waals surface area contributed by atoms with Gasteiger partial charge in [-0.25, -0.2) is 13.9 Å². The number of amides is 1. The zero-order valence-electron chi connectivity index (χ0n) is 16.0. The normalized spacial score (nSPS) is 14.1. The van der Waals surface area contributed by atoms with Gasteiger partial charge < -0.3 is 4.74 Å². The van der Waals surface area contributed by atoms with E-state index in [1.54, 1.807) is 54.0 Å². The Balaban J connectivity index is 1.67. The standard InChI is InChI=1S/C22H20N2O5S/c25-22(23-26)14-13-16-9-11-17(12-10-16)15-24-18-5-1-2-6-19(18)29-20-7-3-4-8-21(20)30(24,27)28/h1-12,26H,13-15H2,(H,23,25). The van der Waals surface area contributed by atoms with Crippen molar-refractivity contribution in [3.05, 3.63) is 83.9 Å². The smallest absolute Gasteiger partial charge is 0.268 e. The number of carbonyl (C=O) groups excluding carboxylic acids is 1. The van der Waals surface area contributed by atoms with Gasteiger partial charge in [0.2, 0.25) is 5.91 Å². The van der Waals surface area contributed by atoms with Crippen LogP contribution in [0, 0.1) is 0 Å². The van der Waals surface area contributed by atoms with Crippen LogP contribution in [0.25, 0.3) is 0 Å². The van der Waals surface area contributed by atoms with Crippen molar-refractivity contribution in [2.24, 2.45) is 0 Å². The third-order valence-electron chi connectivity index (χ3n) is 4.89. The second-order valence-electron chi connectivity index (χ2n) is 6.88. The number of anilines is 1. The van der Waals surface area contributed by atoms with Crippen LogP contribution in [0.4, 0.5) is 5.69 Å². The van der Waals surface area contributed by atoms with Gasteiger partial charge >= 0.3 is 0 Å². The summed E-state index contributed by atoms with van der Waals surface area (Å²) in [6.45, 7) is 0.133. The summed E-state index contributed by atoms with van der Waals surface area (Å²) in [4.78, 5) is 11.3. The Morgan fingerprint density at radius 1 is 0.900 bits per heavy atom. The molecule has 0 aromatic heterocycles. The molecule has 0 spiro atoms. The fraction of sp³-hybridized carbons (Fsp3) is 0.136. The van der Waals surface area contributed by atoms with Gasteiger partial charge in [0.25, 0.3) is 10.0 Å². The SMILES string of the molecule is O=C(CCc1ccc(CN2c3ccccc3Oc3ccccc3S2(=O)=O)cc1)NO. The molecule has 8 heteroatoms. The van der Waals surface area contributed by atoms with Gasteiger partial charge in [0.1, 0.15) is 10.6 Å². The molecule has 1 aliphatic rings. The molecule has 4 rings (SSSR count). The Hall–Kier alpha value is -3.36. The maximum Gasteiger partial charge on any atom is 0.268 e. The summed E-state index contributed by atoms with van der Waals surface area (Å²) in [6.07, 6.45) is 0.636. The summed E-state index contributed by atoms with van der Waals surface area (Å²) >= 11 is 0. The van der Waals surface area contributed by atoms with Crippen LogP contribution in [0.2, 0.25) is 0 Å². The van der Waals surface area contributed by atoms with E-state index in [1.165, 1.54) is 4.31 Å². The molecule has 3 aromatic carbocycles. The molecular formula is C22H20N2O5S. The van der Waals surface area contributed by atoms with E-state index >= 15 is 0 Å². The lowest BCUT2D eigenvalue weighted by molar-refractivity contribution is -0.129. The summed E-state index contributed by atoms with van der Waals surface area (Å²) in [5, 5.41) is 8.59. The third kappa shape index (κ3) is 3.87. The highest BCUT2D eigenvalue weighted by Gasteiger charge is 2.33. The monoisotopic (exact) mass is 424 g/mol. The van der Waals surface area contributed by atoms with Crippen LogP contribution in [0.1, 0.15) is 17.5 Å². The van der Waals surface area contributed by atoms with Gasteiger partial charge in [-0.1, -0.05) is 48.5 Å². The van der Waals surface area contributed by atoms with Crippen LogP contribution in [0.3, 0.4) is 0 Å². The van der Waals surface area contributed by atoms with Gasteiger partial charge in [-0.15, -0.1) is 0 Å². The van der Waals surface area contributed by atoms with Crippen molar-refractivity contribution in [2.45, 2.75) is 24.3 Å². The highest BCUT2D eigenvalue weighted by molar-refractivity contribution is 7.93. The molecule has 0 bridgehead atoms. The molecule has 0 fully saturated rings. The molecule has 2 N–H and O–H groups in total. The molecule has 30 heavy (non-hydrogen) atoms. The molecule has 0 atom stereocenters. The minimum atomic E-state index is -3.84. The largest absolute Gasteiger partial charge is 0.454 e. The van der Waals surface area contributed by atoms with E-state index in [1.807, 2.05) is 24.3 Å². The van der Waals surface area contributed by atoms with Crippen LogP contribution in [0.15, 0.2) is 77.7 Å². The second kappa shape index (κ2) is 8.17. The lowest BCUT2D eigenvalue weighted by Gasteiger charge is -2.23. The van der Waals surface area contributed by atoms with Gasteiger partial charge in [0.15, 0.2) is 5.75 Å². The van der Waals surface area contributed by atoms with E-state index in [0.717, 1.165) is 11.1 Å². The number of aryl methyl sites for hydroxylation is 1. The van der Waals surface area contributed by atoms with E-state index in [4.69, 9.17) is 9.94 Å². The van der Waals surface area contributed by atoms with Gasteiger partial charge in [-0.3, -0.25) is 14.3 Å². The highest BCUT2D eigenvalue weighted by Crippen LogP contribution is 2.42. The Morgan fingerprint density at radius 2 is 1.53 bits per heavy atom. The predicted molar refractivity (Wildman–Crippen MR) is 111 cm³/mol. The Labute approximate surface area is 174 Å². The zero-order valence-corrected chi connectivity index (χ0v) is 16.8. The summed E-state index contributed by atoms with van der Waals surface area (Å²) in [5.41, 5.74) is 3.79. The Kier molecular flexibility index (Phi) is 5.43. The number of hydrogen-bond acceptors (Lipinski definition) is 5. The average molecular weight is 424 g/mol. The molecule has 1 heterocycles. The quantitative estimate of drug-likeness (QED) is 0.482. The second-order valence-corrected chi connectivity index (χ2v) is 8.71. The molecule has 0 saturated carbocycles. The van der Waals surface area contributed by atoms with Crippen LogP contribution < -0.4 is 14.5 Å². The third-order valence-corrected chi connectivity index (χ3v) is 6.68. The van der Waals surface area contributed by atoms with Gasteiger partial charge in [0.05, 0.1) is 12.2 Å². The zero-order chi connectivity index (χ0) is 21.1. The fourth-order valence-electron chi connectivity index (χ4n) is 3.32. The number of carbonyl (C=O) groups is 1. The first kappa shape index (κ1) is 19.9. The van der Waals surface area contributed by atoms with Gasteiger partial charge in [0, 0.05) is 6.42 Å². The minimum absolute atomic E-state index is 0.118. The van der Waals surface area contributed by atoms with Crippen molar-refractivity contribution in [1.82, 2.24) is 5.48 Å². The topological polar surface area (TPSA) is 95.9 Å². The summed E-state index contributed by atoms with van der Waals surface area (Å²) in [7, 11) is -3.84. The number of para-hydroxylation sites is 3. The maximum atomic E-state index is 13.4. The van der Waals surface area contributed by atoms with Crippen molar-refractivity contribution in [3.8, 4) is 11.5 Å². The number of hydrogen-bond donors (Lipinski definition) is 2. The number of benzene rings is 3. The van der Waals surface area contributed by atoms with Gasteiger partial charge in [-0.2, -0.15) is 0 Å². The molecule has 1 amide bonds. The Bertz CT molecular complexity index is 1180. The summed E-state index contributed by atoms with van der Waals surface area (Å²) in [6, 6.07) is 21.0. The van der Waals surface area contributed by atoms with E-state index in [2.05, 4.69) is 0 Å². The first-order valence-electron chi connectivity index (χ1n) is 9.38. The van der Waals surface area contributed by atoms with Crippen molar-refractivity contribution in [1.29, 1.82) is 0 Å². The molecule has 0 unspecified atom stereocenters. The molecule has 154 valence electrons. The maximum absolute atomic E-state index is 13.4. The van der Waals surface area contributed by atoms with Crippen molar-refractivity contribution in [3.63, 3.8) is 0 Å². The number of nitrogens with one attached hydrogen (secondary N) is 1. The van der Waals surface area contributed by atoms with Crippen molar-refractivity contribution < 1.29 is 23.2 Å². The first-order chi connectivity index (χ1) is 14.5. The molecule has 0 saturated heterocycles. The average Bonchev–Trinajstić information content (AvgIpc) is 2.86. The van der Waals surface area contributed by atoms with Crippen LogP contribution >= 0.6 is 0 Å². The molecular weight excluding hydrogens is 404 g/mol. The first-order valence-corrected chi connectivity index (χ1v) is 10.8. The van der Waals surface area contributed by atoms with Crippen molar-refractivity contribution in [2.75, 3.05) is 4.31 Å². The predicted octanol–water partition coefficient (Wildman–Crippen LogP) is 3.63. The van der Waals surface area contributed by atoms with Gasteiger partial charge in [-0.05, 0) is 41.8 Å². The number of rotatable bonds is 5. The van der Waals surface area contributed by atoms with Crippen LogP contribution in [-0.2, 0) is 27.8 Å². The number of sulfonamides is 1. The molecule has 1 aliphatic heterocycles. The minimum Gasteiger partial charge on any atom is -0.454 e. The lowest BCUT2D eigenvalue weighted by Crippen LogP contribution is -2.29. The van der Waals surface area contributed by atoms with Crippen LogP contribution in [0.5, 0.6) is 11.5 Å². The number of nitrogens with zero attached hydrogens (tertiary/aromatic N) is 1. The molecule has 3 aromatic rings. The van der Waals surface area contributed by atoms with E-state index in [-0.39, 0.29) is 17.9 Å². The summed E-state index contributed by atoms with van der Waals surface area (Å²) in [5.74, 6) is 0.313. The summed E-state index contributed by atoms with van der Waals surface area (Å²) < 4.78 is 34.2. The molecule has 0 radical (unpaired) electrons. The fourth-order valence-corrected chi connectivity index (χ4v) is 4.91. The van der Waals surface area contributed by atoms with E-state index < -0.39 is 15.9 Å². The number of fused-ring (bicyclic) bond motifs is 2. The number of hydroxylamine groups is 1. The van der Waals surface area contributed by atoms with Crippen LogP contribution in [-0.4, -0.2) is 19.5 Å². The Morgan fingerprint density at radius 3 is 2.27 bits per heavy atom. The molecule has 7 nitrogen and oxygen atoms in total. The van der Waals surface area contributed by atoms with E-state index in [9.17, 15) is 13.2 Å². The van der Waals surface area contributed by atoms with E-state index in [0.29, 0.717) is 23.6 Å². The lowest BCUT2D eigenvalue weighted by atomic mass is 10.1. The molecule has 0 aliphatic carbocycles. The van der Waals surface area contributed by atoms with Crippen molar-refractivity contribution >= 4 is 21.6 Å². The number of ether oxygens (including phenoxy) is 1.